The van der Waals surface area contributed by atoms with Crippen molar-refractivity contribution in [1.82, 2.24) is 5.10 Å². The molecule has 0 atom stereocenters. The second kappa shape index (κ2) is 2.92. The summed E-state index contributed by atoms with van der Waals surface area (Å²) in [6.45, 7) is 0. The van der Waals surface area contributed by atoms with E-state index in [1.807, 2.05) is 48.7 Å². The first-order valence-electron chi connectivity index (χ1n) is 4.78. The van der Waals surface area contributed by atoms with E-state index in [1.165, 1.54) is 0 Å². The summed E-state index contributed by atoms with van der Waals surface area (Å²) in [6.07, 6.45) is 1.84. The lowest BCUT2D eigenvalue weighted by Crippen LogP contribution is -2.33. The molecule has 72 valence electrons. The number of hydrogen-bond donors (Lipinski definition) is 1. The van der Waals surface area contributed by atoms with Crippen molar-refractivity contribution in [2.45, 2.75) is 0 Å². The molecule has 0 bridgehead atoms. The maximum atomic E-state index is 11.7. The molecule has 0 radical (unpaired) electrons. The number of hydrogen-bond acceptors (Lipinski definition) is 1. The van der Waals surface area contributed by atoms with E-state index in [9.17, 15) is 4.79 Å². The number of rotatable bonds is 0. The number of pyridine rings is 1. The fourth-order valence-electron chi connectivity index (χ4n) is 1.83. The molecule has 0 saturated heterocycles. The molecule has 3 nitrogen and oxygen atoms in total. The Labute approximate surface area is 85.6 Å². The highest BCUT2D eigenvalue weighted by Crippen LogP contribution is 2.11. The Hall–Kier alpha value is -2.16. The summed E-state index contributed by atoms with van der Waals surface area (Å²) in [6, 6.07) is 13.4. The topological polar surface area (TPSA) is 37.0 Å². The molecule has 3 heteroatoms. The number of nitrogens with one attached hydrogen (secondary N) is 1. The zero-order chi connectivity index (χ0) is 10.3. The molecule has 0 saturated carbocycles. The molecule has 0 amide bonds. The quantitative estimate of drug-likeness (QED) is 0.427. The van der Waals surface area contributed by atoms with Crippen LogP contribution in [0.3, 0.4) is 0 Å². The first-order chi connectivity index (χ1) is 7.36. The van der Waals surface area contributed by atoms with E-state index in [1.54, 1.807) is 4.52 Å². The number of H-pyrrole nitrogens is 1. The van der Waals surface area contributed by atoms with E-state index in [-0.39, 0.29) is 5.56 Å². The Bertz CT molecular complexity index is 700. The normalized spacial score (nSPS) is 10.9. The second-order valence-corrected chi connectivity index (χ2v) is 3.44. The lowest BCUT2D eigenvalue weighted by Gasteiger charge is -1.95. The highest BCUT2D eigenvalue weighted by molar-refractivity contribution is 5.92. The van der Waals surface area contributed by atoms with Gasteiger partial charge in [0.25, 0.3) is 0 Å². The second-order valence-electron chi connectivity index (χ2n) is 3.44. The van der Waals surface area contributed by atoms with Crippen molar-refractivity contribution in [3.63, 3.8) is 0 Å². The summed E-state index contributed by atoms with van der Waals surface area (Å²) in [7, 11) is 0. The van der Waals surface area contributed by atoms with Crippen LogP contribution in [0.25, 0.3) is 16.3 Å². The number of aromatic amines is 1. The van der Waals surface area contributed by atoms with Crippen LogP contribution in [0.5, 0.6) is 0 Å². The third-order valence-corrected chi connectivity index (χ3v) is 2.53. The van der Waals surface area contributed by atoms with Crippen molar-refractivity contribution in [1.29, 1.82) is 0 Å². The van der Waals surface area contributed by atoms with Crippen LogP contribution in [0.15, 0.2) is 53.5 Å². The van der Waals surface area contributed by atoms with Crippen LogP contribution in [0.1, 0.15) is 0 Å². The van der Waals surface area contributed by atoms with Gasteiger partial charge in [-0.1, -0.05) is 16.6 Å². The zero-order valence-electron chi connectivity index (χ0n) is 7.97. The zero-order valence-corrected chi connectivity index (χ0v) is 7.97. The van der Waals surface area contributed by atoms with Crippen molar-refractivity contribution in [2.75, 3.05) is 0 Å². The molecule has 1 aromatic carbocycles. The van der Waals surface area contributed by atoms with Crippen molar-refractivity contribution >= 4 is 16.3 Å². The Balaban J connectivity index is 2.70. The number of benzene rings is 1. The molecule has 15 heavy (non-hydrogen) atoms. The number of nitrogens with zero attached hydrogens (tertiary/aromatic N) is 1. The van der Waals surface area contributed by atoms with Gasteiger partial charge in [0.05, 0.1) is 10.8 Å². The van der Waals surface area contributed by atoms with Crippen LogP contribution in [-0.2, 0) is 0 Å². The Morgan fingerprint density at radius 1 is 0.933 bits per heavy atom. The van der Waals surface area contributed by atoms with E-state index < -0.39 is 0 Å². The average Bonchev–Trinajstić information content (AvgIpc) is 2.30. The van der Waals surface area contributed by atoms with Crippen molar-refractivity contribution in [3.8, 4) is 0 Å². The summed E-state index contributed by atoms with van der Waals surface area (Å²) >= 11 is 0. The summed E-state index contributed by atoms with van der Waals surface area (Å²) in [5.41, 5.74) is 0.946. The molecular formula is C12H9N2O+. The van der Waals surface area contributed by atoms with Gasteiger partial charge in [0.2, 0.25) is 11.7 Å². The standard InChI is InChI=1S/C12H8N2O/c15-12-10-6-2-1-5-9(10)11-7-3-4-8-14(11)13-12/h1-8H/p+1. The van der Waals surface area contributed by atoms with Gasteiger partial charge in [-0.2, -0.15) is 0 Å². The van der Waals surface area contributed by atoms with E-state index >= 15 is 0 Å². The molecule has 0 aliphatic heterocycles. The SMILES string of the molecule is O=c1[nH][n+]2ccccc2c2ccccc12. The van der Waals surface area contributed by atoms with Gasteiger partial charge in [0.1, 0.15) is 0 Å². The lowest BCUT2D eigenvalue weighted by atomic mass is 10.1. The maximum Gasteiger partial charge on any atom is 0.306 e. The molecule has 0 spiro atoms. The molecule has 1 N–H and O–H groups in total. The van der Waals surface area contributed by atoms with Gasteiger partial charge in [-0.15, -0.1) is 5.10 Å². The van der Waals surface area contributed by atoms with Gasteiger partial charge in [-0.25, -0.2) is 0 Å². The fourth-order valence-corrected chi connectivity index (χ4v) is 1.83. The molecule has 0 aliphatic rings. The molecule has 2 aromatic heterocycles. The molecule has 3 aromatic rings. The maximum absolute atomic E-state index is 11.7. The minimum atomic E-state index is -0.0608. The van der Waals surface area contributed by atoms with Crippen LogP contribution in [-0.4, -0.2) is 5.10 Å². The molecule has 3 rings (SSSR count). The Morgan fingerprint density at radius 3 is 2.53 bits per heavy atom. The van der Waals surface area contributed by atoms with Gasteiger partial charge >= 0.3 is 5.56 Å². The van der Waals surface area contributed by atoms with E-state index in [0.29, 0.717) is 0 Å². The largest absolute Gasteiger partial charge is 0.306 e. The van der Waals surface area contributed by atoms with Crippen LogP contribution >= 0.6 is 0 Å². The predicted molar refractivity (Wildman–Crippen MR) is 57.7 cm³/mol. The van der Waals surface area contributed by atoms with Crippen molar-refractivity contribution in [3.05, 3.63) is 59.0 Å². The Kier molecular flexibility index (Phi) is 1.59. The first kappa shape index (κ1) is 8.17. The Morgan fingerprint density at radius 2 is 1.67 bits per heavy atom. The van der Waals surface area contributed by atoms with Crippen LogP contribution in [0.4, 0.5) is 0 Å². The van der Waals surface area contributed by atoms with Gasteiger partial charge in [-0.05, 0) is 18.2 Å². The highest BCUT2D eigenvalue weighted by Gasteiger charge is 2.09. The van der Waals surface area contributed by atoms with Crippen LogP contribution < -0.4 is 10.1 Å². The van der Waals surface area contributed by atoms with Crippen molar-refractivity contribution in [2.24, 2.45) is 0 Å². The van der Waals surface area contributed by atoms with Gasteiger partial charge in [0, 0.05) is 12.1 Å². The van der Waals surface area contributed by atoms with E-state index in [4.69, 9.17) is 0 Å². The minimum Gasteiger partial charge on any atom is -0.264 e. The number of aromatic nitrogens is 2. The first-order valence-corrected chi connectivity index (χ1v) is 4.78. The van der Waals surface area contributed by atoms with Gasteiger partial charge in [-0.3, -0.25) is 4.79 Å². The molecule has 0 unspecified atom stereocenters. The summed E-state index contributed by atoms with van der Waals surface area (Å²) < 4.78 is 1.74. The van der Waals surface area contributed by atoms with Crippen LogP contribution in [0.2, 0.25) is 0 Å². The lowest BCUT2D eigenvalue weighted by molar-refractivity contribution is -0.581. The smallest absolute Gasteiger partial charge is 0.264 e. The van der Waals surface area contributed by atoms with E-state index in [2.05, 4.69) is 5.10 Å². The van der Waals surface area contributed by atoms with Gasteiger partial charge in [0.15, 0.2) is 0 Å². The molecular weight excluding hydrogens is 188 g/mol. The monoisotopic (exact) mass is 197 g/mol. The third-order valence-electron chi connectivity index (χ3n) is 2.53. The van der Waals surface area contributed by atoms with Gasteiger partial charge < -0.3 is 0 Å². The average molecular weight is 197 g/mol. The predicted octanol–water partition coefficient (Wildman–Crippen LogP) is 1.27. The summed E-state index contributed by atoms with van der Waals surface area (Å²) in [4.78, 5) is 11.7. The minimum absolute atomic E-state index is 0.0608. The van der Waals surface area contributed by atoms with E-state index in [0.717, 1.165) is 16.3 Å². The van der Waals surface area contributed by atoms with Crippen molar-refractivity contribution < 1.29 is 4.52 Å². The molecule has 2 heterocycles. The summed E-state index contributed by atoms with van der Waals surface area (Å²) in [5, 5.41) is 4.49. The number of fused-ring (bicyclic) bond motifs is 3. The summed E-state index contributed by atoms with van der Waals surface area (Å²) in [5.74, 6) is 0. The molecule has 0 aliphatic carbocycles. The van der Waals surface area contributed by atoms with Crippen LogP contribution in [0, 0.1) is 0 Å². The highest BCUT2D eigenvalue weighted by atomic mass is 16.1. The fraction of sp³-hybridized carbons (Fsp3) is 0. The molecule has 0 fully saturated rings. The third kappa shape index (κ3) is 1.13.